The van der Waals surface area contributed by atoms with Crippen molar-refractivity contribution in [3.63, 3.8) is 0 Å². The van der Waals surface area contributed by atoms with Gasteiger partial charge in [0.25, 0.3) is 5.91 Å². The molecule has 0 spiro atoms. The first kappa shape index (κ1) is 22.0. The summed E-state index contributed by atoms with van der Waals surface area (Å²) in [4.78, 5) is 28.2. The van der Waals surface area contributed by atoms with Gasteiger partial charge in [-0.3, -0.25) is 14.5 Å². The molecule has 3 rings (SSSR count). The minimum atomic E-state index is -0.558. The molecule has 1 fully saturated rings. The third kappa shape index (κ3) is 5.70. The molecule has 5 heteroatoms. The van der Waals surface area contributed by atoms with Crippen LogP contribution in [0, 0.1) is 5.92 Å². The Morgan fingerprint density at radius 1 is 0.967 bits per heavy atom. The van der Waals surface area contributed by atoms with E-state index in [1.54, 1.807) is 12.1 Å². The molecule has 0 aliphatic carbocycles. The smallest absolute Gasteiger partial charge is 0.251 e. The Hall–Kier alpha value is -2.66. The van der Waals surface area contributed by atoms with Crippen LogP contribution in [0.25, 0.3) is 0 Å². The van der Waals surface area contributed by atoms with Gasteiger partial charge in [-0.2, -0.15) is 0 Å². The lowest BCUT2D eigenvalue weighted by molar-refractivity contribution is -0.124. The largest absolute Gasteiger partial charge is 0.352 e. The molecule has 0 radical (unpaired) electrons. The van der Waals surface area contributed by atoms with E-state index in [9.17, 15) is 9.59 Å². The maximum atomic E-state index is 13.1. The molecule has 0 bridgehead atoms. The van der Waals surface area contributed by atoms with Crippen LogP contribution in [0.4, 0.5) is 0 Å². The average Bonchev–Trinajstić information content (AvgIpc) is 3.32. The molecule has 3 unspecified atom stereocenters. The topological polar surface area (TPSA) is 61.4 Å². The van der Waals surface area contributed by atoms with Crippen LogP contribution in [0.2, 0.25) is 0 Å². The predicted molar refractivity (Wildman–Crippen MR) is 120 cm³/mol. The molecule has 30 heavy (non-hydrogen) atoms. The van der Waals surface area contributed by atoms with Crippen LogP contribution in [0.15, 0.2) is 60.7 Å². The summed E-state index contributed by atoms with van der Waals surface area (Å²) in [6.07, 6.45) is 3.20. The molecule has 2 N–H and O–H groups in total. The summed E-state index contributed by atoms with van der Waals surface area (Å²) < 4.78 is 0. The molecule has 0 aromatic heterocycles. The Morgan fingerprint density at radius 2 is 1.57 bits per heavy atom. The van der Waals surface area contributed by atoms with Crippen LogP contribution in [0.1, 0.15) is 55.1 Å². The molecular formula is C25H33N3O2. The Balaban J connectivity index is 1.68. The van der Waals surface area contributed by atoms with Crippen LogP contribution in [0.3, 0.4) is 0 Å². The molecule has 2 aromatic carbocycles. The molecule has 1 aliphatic heterocycles. The van der Waals surface area contributed by atoms with Gasteiger partial charge in [-0.15, -0.1) is 0 Å². The number of nitrogens with one attached hydrogen (secondary N) is 2. The SMILES string of the molecule is CCC(C)C(NC(=O)c1ccccc1)C(=O)NCC(c1ccccc1)N1CCCC1. The molecule has 5 nitrogen and oxygen atoms in total. The van der Waals surface area contributed by atoms with E-state index in [4.69, 9.17) is 0 Å². The van der Waals surface area contributed by atoms with Gasteiger partial charge in [0.05, 0.1) is 6.04 Å². The van der Waals surface area contributed by atoms with Gasteiger partial charge in [0, 0.05) is 12.1 Å². The van der Waals surface area contributed by atoms with Crippen molar-refractivity contribution < 1.29 is 9.59 Å². The molecule has 1 heterocycles. The summed E-state index contributed by atoms with van der Waals surface area (Å²) in [7, 11) is 0. The van der Waals surface area contributed by atoms with Gasteiger partial charge in [-0.25, -0.2) is 0 Å². The van der Waals surface area contributed by atoms with E-state index < -0.39 is 6.04 Å². The minimum absolute atomic E-state index is 0.0413. The van der Waals surface area contributed by atoms with Crippen molar-refractivity contribution in [2.45, 2.75) is 45.2 Å². The second-order valence-electron chi connectivity index (χ2n) is 8.12. The highest BCUT2D eigenvalue weighted by atomic mass is 16.2. The lowest BCUT2D eigenvalue weighted by Gasteiger charge is -2.30. The summed E-state index contributed by atoms with van der Waals surface area (Å²) in [6, 6.07) is 19.0. The van der Waals surface area contributed by atoms with Crippen molar-refractivity contribution in [2.75, 3.05) is 19.6 Å². The molecule has 3 atom stereocenters. The standard InChI is InChI=1S/C25H33N3O2/c1-3-19(2)23(27-24(29)21-14-8-5-9-15-21)25(30)26-18-22(28-16-10-11-17-28)20-12-6-4-7-13-20/h4-9,12-15,19,22-23H,3,10-11,16-18H2,1-2H3,(H,26,30)(H,27,29). The summed E-state index contributed by atoms with van der Waals surface area (Å²) in [5, 5.41) is 6.09. The fourth-order valence-electron chi connectivity index (χ4n) is 4.01. The first-order valence-corrected chi connectivity index (χ1v) is 11.0. The number of likely N-dealkylation sites (tertiary alicyclic amines) is 1. The van der Waals surface area contributed by atoms with Gasteiger partial charge < -0.3 is 10.6 Å². The van der Waals surface area contributed by atoms with Crippen LogP contribution in [0.5, 0.6) is 0 Å². The van der Waals surface area contributed by atoms with Crippen molar-refractivity contribution in [3.8, 4) is 0 Å². The first-order valence-electron chi connectivity index (χ1n) is 11.0. The summed E-state index contributed by atoms with van der Waals surface area (Å²) >= 11 is 0. The molecule has 0 saturated carbocycles. The van der Waals surface area contributed by atoms with E-state index in [0.717, 1.165) is 19.5 Å². The number of rotatable bonds is 9. The Morgan fingerprint density at radius 3 is 2.17 bits per heavy atom. The quantitative estimate of drug-likeness (QED) is 0.665. The third-order valence-corrected chi connectivity index (χ3v) is 6.05. The van der Waals surface area contributed by atoms with E-state index in [0.29, 0.717) is 12.1 Å². The van der Waals surface area contributed by atoms with Crippen LogP contribution in [-0.2, 0) is 4.79 Å². The molecule has 2 aromatic rings. The Labute approximate surface area is 179 Å². The summed E-state index contributed by atoms with van der Waals surface area (Å²) in [6.45, 7) is 6.68. The first-order chi connectivity index (χ1) is 14.6. The second-order valence-corrected chi connectivity index (χ2v) is 8.12. The highest BCUT2D eigenvalue weighted by molar-refractivity contribution is 5.97. The highest BCUT2D eigenvalue weighted by Crippen LogP contribution is 2.24. The number of carbonyl (C=O) groups excluding carboxylic acids is 2. The monoisotopic (exact) mass is 407 g/mol. The van der Waals surface area contributed by atoms with Gasteiger partial charge in [-0.05, 0) is 49.5 Å². The number of carbonyl (C=O) groups is 2. The van der Waals surface area contributed by atoms with Gasteiger partial charge in [0.1, 0.15) is 6.04 Å². The van der Waals surface area contributed by atoms with Crippen LogP contribution in [-0.4, -0.2) is 42.4 Å². The number of hydrogen-bond acceptors (Lipinski definition) is 3. The summed E-state index contributed by atoms with van der Waals surface area (Å²) in [5.41, 5.74) is 1.78. The van der Waals surface area contributed by atoms with Gasteiger partial charge >= 0.3 is 0 Å². The fourth-order valence-corrected chi connectivity index (χ4v) is 4.01. The molecule has 2 amide bonds. The number of benzene rings is 2. The normalized spacial score (nSPS) is 17.1. The van der Waals surface area contributed by atoms with E-state index in [2.05, 4.69) is 27.7 Å². The van der Waals surface area contributed by atoms with Crippen LogP contribution < -0.4 is 10.6 Å². The van der Waals surface area contributed by atoms with Crippen molar-refractivity contribution >= 4 is 11.8 Å². The van der Waals surface area contributed by atoms with Gasteiger partial charge in [-0.1, -0.05) is 68.8 Å². The molecule has 1 aliphatic rings. The lowest BCUT2D eigenvalue weighted by atomic mass is 9.97. The maximum absolute atomic E-state index is 13.1. The predicted octanol–water partition coefficient (Wildman–Crippen LogP) is 3.78. The Bertz CT molecular complexity index is 804. The molecule has 1 saturated heterocycles. The third-order valence-electron chi connectivity index (χ3n) is 6.05. The van der Waals surface area contributed by atoms with Gasteiger partial charge in [0.2, 0.25) is 5.91 Å². The zero-order chi connectivity index (χ0) is 21.3. The minimum Gasteiger partial charge on any atom is -0.352 e. The van der Waals surface area contributed by atoms with Crippen molar-refractivity contribution in [3.05, 3.63) is 71.8 Å². The summed E-state index contributed by atoms with van der Waals surface area (Å²) in [5.74, 6) is -0.288. The van der Waals surface area contributed by atoms with E-state index in [1.165, 1.54) is 18.4 Å². The van der Waals surface area contributed by atoms with Gasteiger partial charge in [0.15, 0.2) is 0 Å². The highest BCUT2D eigenvalue weighted by Gasteiger charge is 2.29. The zero-order valence-corrected chi connectivity index (χ0v) is 18.0. The molecule has 160 valence electrons. The van der Waals surface area contributed by atoms with E-state index >= 15 is 0 Å². The zero-order valence-electron chi connectivity index (χ0n) is 18.0. The average molecular weight is 408 g/mol. The molecular weight excluding hydrogens is 374 g/mol. The second kappa shape index (κ2) is 10.9. The van der Waals surface area contributed by atoms with E-state index in [-0.39, 0.29) is 23.8 Å². The maximum Gasteiger partial charge on any atom is 0.251 e. The van der Waals surface area contributed by atoms with E-state index in [1.807, 2.05) is 50.2 Å². The van der Waals surface area contributed by atoms with Crippen molar-refractivity contribution in [1.82, 2.24) is 15.5 Å². The number of hydrogen-bond donors (Lipinski definition) is 2. The number of amides is 2. The van der Waals surface area contributed by atoms with Crippen LogP contribution >= 0.6 is 0 Å². The Kier molecular flexibility index (Phi) is 8.03. The number of nitrogens with zero attached hydrogens (tertiary/aromatic N) is 1. The lowest BCUT2D eigenvalue weighted by Crippen LogP contribution is -2.51. The van der Waals surface area contributed by atoms with Crippen molar-refractivity contribution in [2.24, 2.45) is 5.92 Å². The fraction of sp³-hybridized carbons (Fsp3) is 0.440. The van der Waals surface area contributed by atoms with Crippen molar-refractivity contribution in [1.29, 1.82) is 0 Å².